The number of piperidine rings is 1. The van der Waals surface area contributed by atoms with Crippen LogP contribution in [0.1, 0.15) is 50.3 Å². The zero-order chi connectivity index (χ0) is 17.6. The molecule has 7 nitrogen and oxygen atoms in total. The Morgan fingerprint density at radius 1 is 1.36 bits per heavy atom. The third kappa shape index (κ3) is 4.81. The van der Waals surface area contributed by atoms with Crippen LogP contribution >= 0.6 is 0 Å². The Bertz CT molecular complexity index is 590. The van der Waals surface area contributed by atoms with Gasteiger partial charge in [-0.25, -0.2) is 4.98 Å². The zero-order valence-corrected chi connectivity index (χ0v) is 14.9. The fourth-order valence-electron chi connectivity index (χ4n) is 3.69. The van der Waals surface area contributed by atoms with Crippen molar-refractivity contribution in [1.82, 2.24) is 9.97 Å². The van der Waals surface area contributed by atoms with Crippen LogP contribution in [-0.2, 0) is 9.53 Å². The number of nitrogens with two attached hydrogens (primary N) is 1. The smallest absolute Gasteiger partial charge is 0.218 e. The lowest BCUT2D eigenvalue weighted by atomic mass is 9.93. The highest BCUT2D eigenvalue weighted by molar-refractivity contribution is 5.73. The Balaban J connectivity index is 1.74. The number of ether oxygens (including phenoxy) is 2. The fourth-order valence-corrected chi connectivity index (χ4v) is 3.69. The third-order valence-corrected chi connectivity index (χ3v) is 5.14. The molecule has 0 bridgehead atoms. The molecule has 1 aromatic heterocycles. The van der Waals surface area contributed by atoms with Crippen LogP contribution in [0.5, 0.6) is 5.88 Å². The molecule has 1 unspecified atom stereocenters. The van der Waals surface area contributed by atoms with Crippen LogP contribution in [0.3, 0.4) is 0 Å². The minimum absolute atomic E-state index is 0.220. The quantitative estimate of drug-likeness (QED) is 0.844. The number of nitrogens with zero attached hydrogens (tertiary/aromatic N) is 3. The molecule has 3 heterocycles. The second-order valence-corrected chi connectivity index (χ2v) is 6.97. The number of carbonyl (C=O) groups is 1. The molecule has 1 amide bonds. The second kappa shape index (κ2) is 8.47. The van der Waals surface area contributed by atoms with E-state index in [0.717, 1.165) is 70.0 Å². The first-order valence-corrected chi connectivity index (χ1v) is 9.19. The van der Waals surface area contributed by atoms with E-state index in [1.165, 1.54) is 0 Å². The molecule has 3 rings (SSSR count). The van der Waals surface area contributed by atoms with Gasteiger partial charge in [-0.1, -0.05) is 0 Å². The van der Waals surface area contributed by atoms with Crippen LogP contribution in [0.15, 0.2) is 6.07 Å². The van der Waals surface area contributed by atoms with Crippen LogP contribution in [0.25, 0.3) is 0 Å². The number of methoxy groups -OCH3 is 1. The summed E-state index contributed by atoms with van der Waals surface area (Å²) in [5, 5.41) is 0. The first kappa shape index (κ1) is 17.9. The number of hydrogen-bond donors (Lipinski definition) is 1. The summed E-state index contributed by atoms with van der Waals surface area (Å²) in [5.41, 5.74) is 5.30. The molecule has 0 aromatic carbocycles. The molecule has 0 saturated carbocycles. The summed E-state index contributed by atoms with van der Waals surface area (Å²) in [6.07, 6.45) is 5.45. The molecule has 138 valence electrons. The highest BCUT2D eigenvalue weighted by Gasteiger charge is 2.25. The van der Waals surface area contributed by atoms with Crippen molar-refractivity contribution in [3.8, 4) is 5.88 Å². The highest BCUT2D eigenvalue weighted by Crippen LogP contribution is 2.30. The first-order valence-electron chi connectivity index (χ1n) is 9.19. The van der Waals surface area contributed by atoms with Crippen LogP contribution < -0.4 is 15.4 Å². The maximum absolute atomic E-state index is 11.1. The molecular formula is C18H28N4O3. The molecule has 2 aliphatic rings. The molecule has 2 saturated heterocycles. The average molecular weight is 348 g/mol. The predicted octanol–water partition coefficient (Wildman–Crippen LogP) is 1.86. The van der Waals surface area contributed by atoms with Crippen molar-refractivity contribution in [3.63, 3.8) is 0 Å². The minimum atomic E-state index is -0.220. The van der Waals surface area contributed by atoms with Gasteiger partial charge >= 0.3 is 0 Å². The topological polar surface area (TPSA) is 90.6 Å². The third-order valence-electron chi connectivity index (χ3n) is 5.14. The van der Waals surface area contributed by atoms with E-state index in [2.05, 4.69) is 9.88 Å². The fraction of sp³-hybridized carbons (Fsp3) is 0.722. The van der Waals surface area contributed by atoms with Gasteiger partial charge in [-0.15, -0.1) is 0 Å². The van der Waals surface area contributed by atoms with Crippen molar-refractivity contribution in [2.24, 2.45) is 11.7 Å². The maximum Gasteiger partial charge on any atom is 0.218 e. The van der Waals surface area contributed by atoms with Crippen molar-refractivity contribution in [1.29, 1.82) is 0 Å². The largest absolute Gasteiger partial charge is 0.481 e. The zero-order valence-electron chi connectivity index (χ0n) is 14.9. The summed E-state index contributed by atoms with van der Waals surface area (Å²) in [7, 11) is 1.64. The van der Waals surface area contributed by atoms with Gasteiger partial charge in [0.2, 0.25) is 11.8 Å². The Hall–Kier alpha value is -1.89. The van der Waals surface area contributed by atoms with Gasteiger partial charge in [0, 0.05) is 44.7 Å². The van der Waals surface area contributed by atoms with Gasteiger partial charge in [-0.2, -0.15) is 4.98 Å². The number of rotatable bonds is 6. The first-order chi connectivity index (χ1) is 12.2. The Kier molecular flexibility index (Phi) is 6.07. The van der Waals surface area contributed by atoms with Crippen molar-refractivity contribution < 1.29 is 14.3 Å². The summed E-state index contributed by atoms with van der Waals surface area (Å²) in [6, 6.07) is 1.92. The Labute approximate surface area is 148 Å². The standard InChI is InChI=1S/C18H28N4O3/c1-24-17-11-16(20-18(21-17)14-6-9-25-10-7-14)22-8-2-3-13(12-22)4-5-15(19)23/h11,13-14H,2-10,12H2,1H3,(H2,19,23). The van der Waals surface area contributed by atoms with Gasteiger partial charge < -0.3 is 20.1 Å². The van der Waals surface area contributed by atoms with Crippen molar-refractivity contribution in [2.75, 3.05) is 38.3 Å². The molecule has 2 N–H and O–H groups in total. The SMILES string of the molecule is COc1cc(N2CCCC(CCC(N)=O)C2)nc(C2CCOCC2)n1. The summed E-state index contributed by atoms with van der Waals surface area (Å²) in [5.74, 6) is 2.99. The van der Waals surface area contributed by atoms with Crippen molar-refractivity contribution in [2.45, 2.75) is 44.4 Å². The normalized spacial score (nSPS) is 22.0. The lowest BCUT2D eigenvalue weighted by molar-refractivity contribution is -0.118. The molecule has 1 aromatic rings. The minimum Gasteiger partial charge on any atom is -0.481 e. The van der Waals surface area contributed by atoms with Crippen LogP contribution in [0.4, 0.5) is 5.82 Å². The van der Waals surface area contributed by atoms with Gasteiger partial charge in [0.05, 0.1) is 7.11 Å². The molecule has 0 aliphatic carbocycles. The number of carbonyl (C=O) groups excluding carboxylic acids is 1. The molecule has 7 heteroatoms. The lowest BCUT2D eigenvalue weighted by Crippen LogP contribution is -2.36. The number of hydrogen-bond acceptors (Lipinski definition) is 6. The van der Waals surface area contributed by atoms with Gasteiger partial charge in [-0.05, 0) is 38.0 Å². The van der Waals surface area contributed by atoms with Gasteiger partial charge in [0.1, 0.15) is 11.6 Å². The molecule has 1 atom stereocenters. The van der Waals surface area contributed by atoms with Gasteiger partial charge in [0.25, 0.3) is 0 Å². The molecule has 2 fully saturated rings. The van der Waals surface area contributed by atoms with Crippen molar-refractivity contribution >= 4 is 11.7 Å². The van der Waals surface area contributed by atoms with E-state index in [-0.39, 0.29) is 5.91 Å². The number of primary amides is 1. The molecular weight excluding hydrogens is 320 g/mol. The number of anilines is 1. The monoisotopic (exact) mass is 348 g/mol. The van der Waals surface area contributed by atoms with E-state index in [1.807, 2.05) is 6.07 Å². The van der Waals surface area contributed by atoms with E-state index in [0.29, 0.717) is 24.1 Å². The summed E-state index contributed by atoms with van der Waals surface area (Å²) < 4.78 is 10.9. The van der Waals surface area contributed by atoms with Crippen LogP contribution in [0.2, 0.25) is 0 Å². The predicted molar refractivity (Wildman–Crippen MR) is 94.7 cm³/mol. The van der Waals surface area contributed by atoms with Crippen LogP contribution in [0, 0.1) is 5.92 Å². The van der Waals surface area contributed by atoms with Gasteiger partial charge in [0.15, 0.2) is 0 Å². The number of aromatic nitrogens is 2. The molecule has 25 heavy (non-hydrogen) atoms. The average Bonchev–Trinajstić information content (AvgIpc) is 2.67. The van der Waals surface area contributed by atoms with E-state index in [4.69, 9.17) is 20.2 Å². The Morgan fingerprint density at radius 2 is 2.16 bits per heavy atom. The van der Waals surface area contributed by atoms with Gasteiger partial charge in [-0.3, -0.25) is 4.79 Å². The highest BCUT2D eigenvalue weighted by atomic mass is 16.5. The van der Waals surface area contributed by atoms with E-state index in [1.54, 1.807) is 7.11 Å². The van der Waals surface area contributed by atoms with E-state index in [9.17, 15) is 4.79 Å². The second-order valence-electron chi connectivity index (χ2n) is 6.97. The maximum atomic E-state index is 11.1. The summed E-state index contributed by atoms with van der Waals surface area (Å²) in [4.78, 5) is 22.8. The summed E-state index contributed by atoms with van der Waals surface area (Å²) in [6.45, 7) is 3.40. The van der Waals surface area contributed by atoms with E-state index >= 15 is 0 Å². The van der Waals surface area contributed by atoms with Crippen molar-refractivity contribution in [3.05, 3.63) is 11.9 Å². The number of amides is 1. The lowest BCUT2D eigenvalue weighted by Gasteiger charge is -2.34. The molecule has 0 spiro atoms. The molecule has 0 radical (unpaired) electrons. The molecule has 2 aliphatic heterocycles. The summed E-state index contributed by atoms with van der Waals surface area (Å²) >= 11 is 0. The van der Waals surface area contributed by atoms with Crippen LogP contribution in [-0.4, -0.2) is 49.3 Å². The Morgan fingerprint density at radius 3 is 2.88 bits per heavy atom. The van der Waals surface area contributed by atoms with E-state index < -0.39 is 0 Å².